The summed E-state index contributed by atoms with van der Waals surface area (Å²) >= 11 is 0. The zero-order valence-electron chi connectivity index (χ0n) is 18.6. The van der Waals surface area contributed by atoms with Crippen LogP contribution in [-0.4, -0.2) is 66.9 Å². The van der Waals surface area contributed by atoms with E-state index in [1.807, 2.05) is 6.07 Å². The first-order valence-electron chi connectivity index (χ1n) is 10.1. The summed E-state index contributed by atoms with van der Waals surface area (Å²) in [5.41, 5.74) is 3.16. The summed E-state index contributed by atoms with van der Waals surface area (Å²) in [6.45, 7) is 7.81. The van der Waals surface area contributed by atoms with Crippen molar-refractivity contribution in [2.75, 3.05) is 26.7 Å². The fourth-order valence-corrected chi connectivity index (χ4v) is 3.54. The Morgan fingerprint density at radius 3 is 2.44 bits per heavy atom. The maximum absolute atomic E-state index is 13.1. The second-order valence-corrected chi connectivity index (χ2v) is 7.10. The van der Waals surface area contributed by atoms with Gasteiger partial charge in [0.2, 0.25) is 0 Å². The zero-order chi connectivity index (χ0) is 23.7. The molecule has 1 atom stereocenters. The minimum atomic E-state index is -0.774. The molecule has 1 aromatic rings. The van der Waals surface area contributed by atoms with Crippen LogP contribution in [-0.2, 0) is 14.3 Å². The van der Waals surface area contributed by atoms with Crippen molar-refractivity contribution in [1.29, 1.82) is 0 Å². The molecule has 1 aliphatic rings. The largest absolute Gasteiger partial charge is 0.496 e. The Kier molecular flexibility index (Phi) is 8.91. The van der Waals surface area contributed by atoms with Crippen molar-refractivity contribution < 1.29 is 19.1 Å². The molecule has 0 aliphatic carbocycles. The molecule has 9 nitrogen and oxygen atoms in total. The number of nitrogens with one attached hydrogen (secondary N) is 1. The van der Waals surface area contributed by atoms with E-state index in [9.17, 15) is 14.4 Å². The van der Waals surface area contributed by atoms with Crippen LogP contribution in [0.15, 0.2) is 70.7 Å². The molecule has 0 saturated carbocycles. The predicted molar refractivity (Wildman–Crippen MR) is 122 cm³/mol. The van der Waals surface area contributed by atoms with Crippen LogP contribution in [0, 0.1) is 0 Å². The zero-order valence-corrected chi connectivity index (χ0v) is 18.6. The van der Waals surface area contributed by atoms with Crippen LogP contribution < -0.4 is 11.3 Å². The number of hydrogen-bond acceptors (Lipinski definition) is 7. The molecule has 0 bridgehead atoms. The quantitative estimate of drug-likeness (QED) is 0.120. The van der Waals surface area contributed by atoms with Crippen molar-refractivity contribution in [3.8, 4) is 0 Å². The van der Waals surface area contributed by atoms with Crippen molar-refractivity contribution >= 4 is 24.3 Å². The van der Waals surface area contributed by atoms with E-state index in [0.717, 1.165) is 0 Å². The highest BCUT2D eigenvalue weighted by atomic mass is 16.5. The third-order valence-corrected chi connectivity index (χ3v) is 5.12. The second-order valence-electron chi connectivity index (χ2n) is 7.10. The van der Waals surface area contributed by atoms with Gasteiger partial charge in [0.1, 0.15) is 5.76 Å². The third kappa shape index (κ3) is 5.50. The summed E-state index contributed by atoms with van der Waals surface area (Å²) in [5, 5.41) is 0. The molecule has 1 aromatic carbocycles. The topological polar surface area (TPSA) is 117 Å². The SMILES string of the molecule is C=N/C=C(C(=C/C)\OC)/C(=C\NN)C(=O)C(=O)N1CCN(C(=O)c2ccccc2)C[C@H]1C. The smallest absolute Gasteiger partial charge is 0.295 e. The van der Waals surface area contributed by atoms with E-state index in [1.165, 1.54) is 24.4 Å². The molecular formula is C23H29N5O4. The molecule has 32 heavy (non-hydrogen) atoms. The van der Waals surface area contributed by atoms with Crippen molar-refractivity contribution in [2.24, 2.45) is 10.8 Å². The Bertz CT molecular complexity index is 952. The van der Waals surface area contributed by atoms with E-state index in [4.69, 9.17) is 10.6 Å². The number of nitrogens with zero attached hydrogens (tertiary/aromatic N) is 3. The van der Waals surface area contributed by atoms with E-state index >= 15 is 0 Å². The van der Waals surface area contributed by atoms with Gasteiger partial charge in [0.25, 0.3) is 17.6 Å². The summed E-state index contributed by atoms with van der Waals surface area (Å²) in [7, 11) is 1.44. The molecule has 2 rings (SSSR count). The molecule has 1 aliphatic heterocycles. The minimum absolute atomic E-state index is 0.00478. The summed E-state index contributed by atoms with van der Waals surface area (Å²) in [6, 6.07) is 8.60. The highest BCUT2D eigenvalue weighted by molar-refractivity contribution is 6.43. The van der Waals surface area contributed by atoms with Gasteiger partial charge in [0, 0.05) is 49.2 Å². The number of piperazine rings is 1. The molecule has 3 N–H and O–H groups in total. The number of hydrogen-bond donors (Lipinski definition) is 2. The average Bonchev–Trinajstić information content (AvgIpc) is 2.82. The van der Waals surface area contributed by atoms with E-state index in [0.29, 0.717) is 24.4 Å². The number of carbonyl (C=O) groups is 3. The van der Waals surface area contributed by atoms with Gasteiger partial charge in [-0.1, -0.05) is 18.2 Å². The Labute approximate surface area is 187 Å². The van der Waals surface area contributed by atoms with Crippen molar-refractivity contribution in [3.05, 3.63) is 71.3 Å². The van der Waals surface area contributed by atoms with Crippen LogP contribution >= 0.6 is 0 Å². The van der Waals surface area contributed by atoms with Gasteiger partial charge < -0.3 is 20.0 Å². The molecule has 0 spiro atoms. The Balaban J connectivity index is 2.21. The van der Waals surface area contributed by atoms with Gasteiger partial charge in [-0.25, -0.2) is 0 Å². The first-order valence-corrected chi connectivity index (χ1v) is 10.1. The molecule has 2 amide bonds. The van der Waals surface area contributed by atoms with E-state index in [1.54, 1.807) is 49.1 Å². The van der Waals surface area contributed by atoms with Gasteiger partial charge in [0.05, 0.1) is 12.7 Å². The second kappa shape index (κ2) is 11.6. The lowest BCUT2D eigenvalue weighted by atomic mass is 9.99. The fraction of sp³-hybridized carbons (Fsp3) is 0.304. The number of ether oxygens (including phenoxy) is 1. The predicted octanol–water partition coefficient (Wildman–Crippen LogP) is 1.41. The average molecular weight is 440 g/mol. The van der Waals surface area contributed by atoms with Crippen LogP contribution in [0.3, 0.4) is 0 Å². The lowest BCUT2D eigenvalue weighted by molar-refractivity contribution is -0.145. The molecule has 0 unspecified atom stereocenters. The first-order chi connectivity index (χ1) is 15.4. The number of benzene rings is 1. The summed E-state index contributed by atoms with van der Waals surface area (Å²) < 4.78 is 5.29. The maximum Gasteiger partial charge on any atom is 0.295 e. The number of carbonyl (C=O) groups excluding carboxylic acids is 3. The van der Waals surface area contributed by atoms with E-state index in [-0.39, 0.29) is 29.6 Å². The number of rotatable bonds is 8. The molecule has 1 fully saturated rings. The number of Topliss-reactive ketones (excluding diaryl/α,β-unsaturated/α-hetero) is 1. The maximum atomic E-state index is 13.1. The molecule has 0 aromatic heterocycles. The number of nitrogens with two attached hydrogens (primary N) is 1. The van der Waals surface area contributed by atoms with Gasteiger partial charge in [-0.2, -0.15) is 0 Å². The van der Waals surface area contributed by atoms with Gasteiger partial charge in [-0.3, -0.25) is 25.2 Å². The molecule has 170 valence electrons. The summed E-state index contributed by atoms with van der Waals surface area (Å²) in [5.74, 6) is 4.17. The van der Waals surface area contributed by atoms with E-state index < -0.39 is 11.7 Å². The Morgan fingerprint density at radius 1 is 1.22 bits per heavy atom. The standard InChI is InChI=1S/C23H29N5O4/c1-5-20(32-4)18(13-25-3)19(14-26-24)21(29)23(31)28-12-11-27(15-16(28)2)22(30)17-9-7-6-8-10-17/h5-10,13-14,16,26H,3,11-12,15,24H2,1-2,4H3/b18-13-,19-14+,20-5+/t16-/m1/s1. The fourth-order valence-electron chi connectivity index (χ4n) is 3.54. The van der Waals surface area contributed by atoms with Gasteiger partial charge in [-0.15, -0.1) is 0 Å². The normalized spacial score (nSPS) is 17.6. The number of amides is 2. The third-order valence-electron chi connectivity index (χ3n) is 5.12. The highest BCUT2D eigenvalue weighted by Gasteiger charge is 2.35. The number of aliphatic imine (C=N–C) groups is 1. The number of ketones is 1. The van der Waals surface area contributed by atoms with Crippen LogP contribution in [0.25, 0.3) is 0 Å². The lowest BCUT2D eigenvalue weighted by Crippen LogP contribution is -2.57. The first kappa shape index (κ1) is 24.5. The number of allylic oxidation sites excluding steroid dienone is 2. The number of hydrazine groups is 1. The van der Waals surface area contributed by atoms with E-state index in [2.05, 4.69) is 17.1 Å². The van der Waals surface area contributed by atoms with Crippen LogP contribution in [0.5, 0.6) is 0 Å². The van der Waals surface area contributed by atoms with Crippen molar-refractivity contribution in [1.82, 2.24) is 15.2 Å². The Hall–Kier alpha value is -3.72. The van der Waals surface area contributed by atoms with Gasteiger partial charge >= 0.3 is 0 Å². The molecule has 1 heterocycles. The molecular weight excluding hydrogens is 410 g/mol. The van der Waals surface area contributed by atoms with Crippen LogP contribution in [0.2, 0.25) is 0 Å². The molecule has 9 heteroatoms. The lowest BCUT2D eigenvalue weighted by Gasteiger charge is -2.39. The molecule has 0 radical (unpaired) electrons. The van der Waals surface area contributed by atoms with Crippen molar-refractivity contribution in [2.45, 2.75) is 19.9 Å². The number of methoxy groups -OCH3 is 1. The Morgan fingerprint density at radius 2 is 1.91 bits per heavy atom. The molecule has 1 saturated heterocycles. The summed E-state index contributed by atoms with van der Waals surface area (Å²) in [4.78, 5) is 45.9. The monoisotopic (exact) mass is 439 g/mol. The summed E-state index contributed by atoms with van der Waals surface area (Å²) in [6.07, 6.45) is 4.18. The van der Waals surface area contributed by atoms with Crippen molar-refractivity contribution in [3.63, 3.8) is 0 Å². The van der Waals surface area contributed by atoms with Crippen LogP contribution in [0.1, 0.15) is 24.2 Å². The van der Waals surface area contributed by atoms with Crippen LogP contribution in [0.4, 0.5) is 0 Å². The minimum Gasteiger partial charge on any atom is -0.496 e. The van der Waals surface area contributed by atoms with Gasteiger partial charge in [0.15, 0.2) is 0 Å². The highest BCUT2D eigenvalue weighted by Crippen LogP contribution is 2.23. The van der Waals surface area contributed by atoms with Gasteiger partial charge in [-0.05, 0) is 38.8 Å².